The van der Waals surface area contributed by atoms with E-state index in [1.807, 2.05) is 0 Å². The molecule has 0 amide bonds. The van der Waals surface area contributed by atoms with Gasteiger partial charge in [-0.05, 0) is 14.0 Å². The molecule has 1 aromatic rings. The van der Waals surface area contributed by atoms with Crippen LogP contribution in [0.25, 0.3) is 0 Å². The number of hydrogen-bond donors (Lipinski definition) is 2. The van der Waals surface area contributed by atoms with Gasteiger partial charge >= 0.3 is 5.97 Å². The Balaban J connectivity index is 3.31. The fourth-order valence-electron chi connectivity index (χ4n) is 0.948. The summed E-state index contributed by atoms with van der Waals surface area (Å²) in [6, 6.07) is 0.976. The van der Waals surface area contributed by atoms with E-state index in [9.17, 15) is 13.2 Å². The van der Waals surface area contributed by atoms with E-state index >= 15 is 0 Å². The topological polar surface area (TPSA) is 96.6 Å². The van der Waals surface area contributed by atoms with Crippen LogP contribution in [0, 0.1) is 6.92 Å². The summed E-state index contributed by atoms with van der Waals surface area (Å²) in [4.78, 5) is 10.3. The number of rotatable bonds is 3. The van der Waals surface area contributed by atoms with E-state index in [1.165, 1.54) is 14.0 Å². The number of carboxylic acids is 1. The molecule has 0 radical (unpaired) electrons. The maximum Gasteiger partial charge on any atom is 0.371 e. The molecule has 0 saturated carbocycles. The first-order chi connectivity index (χ1) is 6.38. The molecule has 1 aromatic heterocycles. The number of hydrogen-bond acceptors (Lipinski definition) is 4. The SMILES string of the molecule is CNS(=O)(=O)c1cc(C(=O)O)oc1C. The normalized spacial score (nSPS) is 11.6. The molecule has 0 unspecified atom stereocenters. The van der Waals surface area contributed by atoms with Crippen molar-refractivity contribution in [3.8, 4) is 0 Å². The third-order valence-electron chi connectivity index (χ3n) is 1.64. The van der Waals surface area contributed by atoms with E-state index in [4.69, 9.17) is 9.52 Å². The van der Waals surface area contributed by atoms with Crippen molar-refractivity contribution in [2.45, 2.75) is 11.8 Å². The number of aryl methyl sites for hydroxylation is 1. The molecule has 0 aliphatic heterocycles. The zero-order valence-electron chi connectivity index (χ0n) is 7.57. The smallest absolute Gasteiger partial charge is 0.371 e. The molecule has 0 fully saturated rings. The van der Waals surface area contributed by atoms with Gasteiger partial charge in [0.15, 0.2) is 0 Å². The number of carbonyl (C=O) groups is 1. The van der Waals surface area contributed by atoms with Crippen molar-refractivity contribution in [1.29, 1.82) is 0 Å². The van der Waals surface area contributed by atoms with Crippen LogP contribution in [-0.4, -0.2) is 26.5 Å². The molecule has 1 rings (SSSR count). The number of sulfonamides is 1. The summed E-state index contributed by atoms with van der Waals surface area (Å²) in [6.07, 6.45) is 0. The van der Waals surface area contributed by atoms with Crippen LogP contribution >= 0.6 is 0 Å². The summed E-state index contributed by atoms with van der Waals surface area (Å²) >= 11 is 0. The highest BCUT2D eigenvalue weighted by Crippen LogP contribution is 2.19. The van der Waals surface area contributed by atoms with E-state index in [0.717, 1.165) is 6.07 Å². The van der Waals surface area contributed by atoms with Gasteiger partial charge in [-0.15, -0.1) is 0 Å². The van der Waals surface area contributed by atoms with Crippen LogP contribution in [0.1, 0.15) is 16.3 Å². The Morgan fingerprint density at radius 2 is 2.14 bits per heavy atom. The second-order valence-electron chi connectivity index (χ2n) is 2.54. The Labute approximate surface area is 80.6 Å². The van der Waals surface area contributed by atoms with Crippen molar-refractivity contribution in [2.75, 3.05) is 7.05 Å². The monoisotopic (exact) mass is 219 g/mol. The third-order valence-corrected chi connectivity index (χ3v) is 3.16. The zero-order valence-corrected chi connectivity index (χ0v) is 8.38. The summed E-state index contributed by atoms with van der Waals surface area (Å²) in [6.45, 7) is 1.39. The summed E-state index contributed by atoms with van der Waals surface area (Å²) in [5, 5.41) is 8.55. The predicted octanol–water partition coefficient (Wildman–Crippen LogP) is 0.194. The van der Waals surface area contributed by atoms with Gasteiger partial charge in [0.2, 0.25) is 15.8 Å². The van der Waals surface area contributed by atoms with Crippen LogP contribution in [0.5, 0.6) is 0 Å². The first-order valence-electron chi connectivity index (χ1n) is 3.65. The lowest BCUT2D eigenvalue weighted by atomic mass is 10.4. The maximum atomic E-state index is 11.3. The lowest BCUT2D eigenvalue weighted by Gasteiger charge is -1.97. The van der Waals surface area contributed by atoms with Gasteiger partial charge in [-0.3, -0.25) is 0 Å². The standard InChI is InChI=1S/C7H9NO5S/c1-4-6(14(11,12)8-2)3-5(13-4)7(9)10/h3,8H,1-2H3,(H,9,10). The summed E-state index contributed by atoms with van der Waals surface area (Å²) in [5.41, 5.74) is 0. The number of nitrogens with one attached hydrogen (secondary N) is 1. The molecule has 0 bridgehead atoms. The van der Waals surface area contributed by atoms with Crippen LogP contribution in [0.15, 0.2) is 15.4 Å². The first-order valence-corrected chi connectivity index (χ1v) is 5.14. The van der Waals surface area contributed by atoms with E-state index in [-0.39, 0.29) is 10.7 Å². The highest BCUT2D eigenvalue weighted by molar-refractivity contribution is 7.89. The lowest BCUT2D eigenvalue weighted by Crippen LogP contribution is -2.18. The van der Waals surface area contributed by atoms with Crippen molar-refractivity contribution in [3.05, 3.63) is 17.6 Å². The van der Waals surface area contributed by atoms with Crippen molar-refractivity contribution >= 4 is 16.0 Å². The molecule has 6 nitrogen and oxygen atoms in total. The molecule has 78 valence electrons. The predicted molar refractivity (Wildman–Crippen MR) is 46.6 cm³/mol. The Morgan fingerprint density at radius 3 is 2.50 bits per heavy atom. The largest absolute Gasteiger partial charge is 0.475 e. The molecule has 0 spiro atoms. The van der Waals surface area contributed by atoms with E-state index < -0.39 is 21.8 Å². The van der Waals surface area contributed by atoms with Gasteiger partial charge in [-0.1, -0.05) is 0 Å². The van der Waals surface area contributed by atoms with Gasteiger partial charge in [0.05, 0.1) is 0 Å². The average Bonchev–Trinajstić information content (AvgIpc) is 2.48. The molecular formula is C7H9NO5S. The molecule has 2 N–H and O–H groups in total. The minimum Gasteiger partial charge on any atom is -0.475 e. The molecule has 0 saturated heterocycles. The summed E-state index contributed by atoms with van der Waals surface area (Å²) < 4.78 is 29.4. The van der Waals surface area contributed by atoms with Crippen LogP contribution in [0.4, 0.5) is 0 Å². The second kappa shape index (κ2) is 3.43. The Hall–Kier alpha value is -1.34. The van der Waals surface area contributed by atoms with Gasteiger partial charge in [0, 0.05) is 6.07 Å². The molecule has 0 aliphatic rings. The molecule has 0 aliphatic carbocycles. The maximum absolute atomic E-state index is 11.3. The van der Waals surface area contributed by atoms with E-state index in [0.29, 0.717) is 0 Å². The summed E-state index contributed by atoms with van der Waals surface area (Å²) in [5.74, 6) is -1.64. The molecule has 1 heterocycles. The van der Waals surface area contributed by atoms with Crippen molar-refractivity contribution in [3.63, 3.8) is 0 Å². The van der Waals surface area contributed by atoms with Gasteiger partial charge in [-0.2, -0.15) is 0 Å². The quantitative estimate of drug-likeness (QED) is 0.756. The molecule has 0 atom stereocenters. The average molecular weight is 219 g/mol. The van der Waals surface area contributed by atoms with Gasteiger partial charge < -0.3 is 9.52 Å². The zero-order chi connectivity index (χ0) is 10.9. The molecular weight excluding hydrogens is 210 g/mol. The van der Waals surface area contributed by atoms with Crippen molar-refractivity contribution < 1.29 is 22.7 Å². The van der Waals surface area contributed by atoms with Crippen LogP contribution in [0.2, 0.25) is 0 Å². The molecule has 14 heavy (non-hydrogen) atoms. The van der Waals surface area contributed by atoms with Gasteiger partial charge in [0.25, 0.3) is 0 Å². The van der Waals surface area contributed by atoms with Crippen molar-refractivity contribution in [2.24, 2.45) is 0 Å². The Morgan fingerprint density at radius 1 is 1.57 bits per heavy atom. The fourth-order valence-corrected chi connectivity index (χ4v) is 1.85. The Kier molecular flexibility index (Phi) is 2.63. The summed E-state index contributed by atoms with van der Waals surface area (Å²) in [7, 11) is -2.41. The van der Waals surface area contributed by atoms with Crippen molar-refractivity contribution in [1.82, 2.24) is 4.72 Å². The van der Waals surface area contributed by atoms with Gasteiger partial charge in [-0.25, -0.2) is 17.9 Å². The van der Waals surface area contributed by atoms with Crippen LogP contribution in [-0.2, 0) is 10.0 Å². The first kappa shape index (κ1) is 10.7. The third kappa shape index (κ3) is 1.78. The lowest BCUT2D eigenvalue weighted by molar-refractivity contribution is 0.0661. The molecule has 7 heteroatoms. The Bertz CT molecular complexity index is 458. The van der Waals surface area contributed by atoms with E-state index in [1.54, 1.807) is 0 Å². The van der Waals surface area contributed by atoms with Crippen LogP contribution < -0.4 is 4.72 Å². The van der Waals surface area contributed by atoms with Gasteiger partial charge in [0.1, 0.15) is 10.7 Å². The second-order valence-corrected chi connectivity index (χ2v) is 4.40. The number of carboxylic acid groups (broad SMARTS) is 1. The molecule has 0 aromatic carbocycles. The fraction of sp³-hybridized carbons (Fsp3) is 0.286. The number of aromatic carboxylic acids is 1. The van der Waals surface area contributed by atoms with E-state index in [2.05, 4.69) is 4.72 Å². The minimum absolute atomic E-state index is 0.0525. The minimum atomic E-state index is -3.65. The highest BCUT2D eigenvalue weighted by atomic mass is 32.2. The highest BCUT2D eigenvalue weighted by Gasteiger charge is 2.22. The number of furan rings is 1. The van der Waals surface area contributed by atoms with Crippen LogP contribution in [0.3, 0.4) is 0 Å².